The summed E-state index contributed by atoms with van der Waals surface area (Å²) in [6.45, 7) is 5.94. The summed E-state index contributed by atoms with van der Waals surface area (Å²) in [5.74, 6) is 0.707. The predicted molar refractivity (Wildman–Crippen MR) is 134 cm³/mol. The van der Waals surface area contributed by atoms with Crippen LogP contribution in [0.25, 0.3) is 0 Å². The summed E-state index contributed by atoms with van der Waals surface area (Å²) in [5.41, 5.74) is 1.84. The van der Waals surface area contributed by atoms with Gasteiger partial charge < -0.3 is 15.5 Å². The lowest BCUT2D eigenvalue weighted by atomic mass is 10.2. The van der Waals surface area contributed by atoms with Crippen LogP contribution < -0.4 is 10.6 Å². The molecule has 0 saturated carbocycles. The fourth-order valence-electron chi connectivity index (χ4n) is 3.38. The molecule has 1 fully saturated rings. The number of nitrogens with zero attached hydrogens (tertiary/aromatic N) is 3. The van der Waals surface area contributed by atoms with Crippen LogP contribution in [0.5, 0.6) is 0 Å². The van der Waals surface area contributed by atoms with Gasteiger partial charge in [-0.15, -0.1) is 24.0 Å². The maximum absolute atomic E-state index is 12.2. The molecule has 2 aromatic carbocycles. The third kappa shape index (κ3) is 7.14. The van der Waals surface area contributed by atoms with Crippen LogP contribution >= 0.6 is 35.6 Å². The topological polar surface area (TPSA) is 60.0 Å². The fourth-order valence-corrected chi connectivity index (χ4v) is 3.60. The van der Waals surface area contributed by atoms with E-state index in [4.69, 9.17) is 11.6 Å². The Kier molecular flexibility index (Phi) is 10.4. The molecule has 8 heteroatoms. The molecular weight excluding hydrogens is 513 g/mol. The number of hydrogen-bond donors (Lipinski definition) is 2. The molecular formula is C22H29ClIN5O. The summed E-state index contributed by atoms with van der Waals surface area (Å²) in [6.07, 6.45) is 0. The monoisotopic (exact) mass is 541 g/mol. The SMILES string of the molecule is CN=C(NCCNC(=O)c1ccccc1Cl)N1CCN(Cc2ccccc2)CC1.I. The Labute approximate surface area is 200 Å². The Morgan fingerprint density at radius 2 is 1.60 bits per heavy atom. The Balaban J connectivity index is 0.00000320. The minimum atomic E-state index is -0.165. The molecule has 1 saturated heterocycles. The Morgan fingerprint density at radius 1 is 0.967 bits per heavy atom. The van der Waals surface area contributed by atoms with E-state index in [1.54, 1.807) is 25.2 Å². The number of guanidine groups is 1. The van der Waals surface area contributed by atoms with Crippen molar-refractivity contribution in [1.29, 1.82) is 0 Å². The van der Waals surface area contributed by atoms with E-state index < -0.39 is 0 Å². The largest absolute Gasteiger partial charge is 0.354 e. The molecule has 0 radical (unpaired) electrons. The summed E-state index contributed by atoms with van der Waals surface area (Å²) in [4.78, 5) is 21.3. The van der Waals surface area contributed by atoms with Crippen LogP contribution in [0.2, 0.25) is 5.02 Å². The summed E-state index contributed by atoms with van der Waals surface area (Å²) in [6, 6.07) is 17.6. The van der Waals surface area contributed by atoms with Crippen molar-refractivity contribution in [3.05, 3.63) is 70.7 Å². The minimum Gasteiger partial charge on any atom is -0.354 e. The van der Waals surface area contributed by atoms with Crippen molar-refractivity contribution in [2.45, 2.75) is 6.54 Å². The lowest BCUT2D eigenvalue weighted by Gasteiger charge is -2.36. The molecule has 0 bridgehead atoms. The molecule has 1 aliphatic rings. The van der Waals surface area contributed by atoms with E-state index in [2.05, 4.69) is 49.7 Å². The van der Waals surface area contributed by atoms with Gasteiger partial charge in [0.2, 0.25) is 0 Å². The number of rotatable bonds is 6. The molecule has 0 aromatic heterocycles. The molecule has 1 amide bonds. The molecule has 30 heavy (non-hydrogen) atoms. The number of nitrogens with one attached hydrogen (secondary N) is 2. The number of benzene rings is 2. The van der Waals surface area contributed by atoms with Crippen molar-refractivity contribution < 1.29 is 4.79 Å². The maximum atomic E-state index is 12.2. The van der Waals surface area contributed by atoms with Gasteiger partial charge in [0.1, 0.15) is 0 Å². The van der Waals surface area contributed by atoms with Crippen molar-refractivity contribution in [3.8, 4) is 0 Å². The molecule has 2 N–H and O–H groups in total. The Bertz CT molecular complexity index is 825. The highest BCUT2D eigenvalue weighted by molar-refractivity contribution is 14.0. The number of amides is 1. The summed E-state index contributed by atoms with van der Waals surface area (Å²) >= 11 is 6.06. The number of piperazine rings is 1. The highest BCUT2D eigenvalue weighted by Gasteiger charge is 2.19. The van der Waals surface area contributed by atoms with Crippen LogP contribution in [-0.4, -0.2) is 68.0 Å². The molecule has 0 spiro atoms. The number of aliphatic imine (C=N–C) groups is 1. The van der Waals surface area contributed by atoms with Crippen LogP contribution in [0, 0.1) is 0 Å². The van der Waals surface area contributed by atoms with E-state index in [-0.39, 0.29) is 29.9 Å². The molecule has 2 aromatic rings. The molecule has 0 unspecified atom stereocenters. The summed E-state index contributed by atoms with van der Waals surface area (Å²) < 4.78 is 0. The zero-order valence-electron chi connectivity index (χ0n) is 17.2. The third-order valence-electron chi connectivity index (χ3n) is 4.94. The second kappa shape index (κ2) is 12.8. The number of halogens is 2. The van der Waals surface area contributed by atoms with Gasteiger partial charge in [0.15, 0.2) is 5.96 Å². The standard InChI is InChI=1S/C22H28ClN5O.HI/c1-24-22(26-12-11-25-21(29)19-9-5-6-10-20(19)23)28-15-13-27(14-16-28)17-18-7-3-2-4-8-18;/h2-10H,11-17H2,1H3,(H,24,26)(H,25,29);1H. The van der Waals surface area contributed by atoms with Crippen molar-refractivity contribution in [3.63, 3.8) is 0 Å². The van der Waals surface area contributed by atoms with Gasteiger partial charge in [-0.2, -0.15) is 0 Å². The molecule has 1 heterocycles. The minimum absolute atomic E-state index is 0. The van der Waals surface area contributed by atoms with E-state index in [1.165, 1.54) is 5.56 Å². The van der Waals surface area contributed by atoms with Crippen molar-refractivity contribution in [1.82, 2.24) is 20.4 Å². The van der Waals surface area contributed by atoms with Gasteiger partial charge >= 0.3 is 0 Å². The number of carbonyl (C=O) groups excluding carboxylic acids is 1. The third-order valence-corrected chi connectivity index (χ3v) is 5.27. The smallest absolute Gasteiger partial charge is 0.252 e. The molecule has 162 valence electrons. The van der Waals surface area contributed by atoms with Crippen molar-refractivity contribution in [2.75, 3.05) is 46.3 Å². The summed E-state index contributed by atoms with van der Waals surface area (Å²) in [7, 11) is 1.79. The first kappa shape index (κ1) is 24.4. The quantitative estimate of drug-likeness (QED) is 0.255. The van der Waals surface area contributed by atoms with Crippen LogP contribution in [0.15, 0.2) is 59.6 Å². The number of carbonyl (C=O) groups is 1. The van der Waals surface area contributed by atoms with Gasteiger partial charge in [0, 0.05) is 52.9 Å². The maximum Gasteiger partial charge on any atom is 0.252 e. The number of hydrogen-bond acceptors (Lipinski definition) is 3. The van der Waals surface area contributed by atoms with Crippen molar-refractivity contribution >= 4 is 47.4 Å². The second-order valence-electron chi connectivity index (χ2n) is 6.96. The van der Waals surface area contributed by atoms with Crippen LogP contribution in [0.1, 0.15) is 15.9 Å². The Morgan fingerprint density at radius 3 is 2.27 bits per heavy atom. The Hall–Kier alpha value is -1.84. The first-order valence-corrected chi connectivity index (χ1v) is 10.3. The molecule has 0 aliphatic carbocycles. The van der Waals surface area contributed by atoms with Gasteiger partial charge in [0.05, 0.1) is 10.6 Å². The van der Waals surface area contributed by atoms with Gasteiger partial charge in [-0.05, 0) is 17.7 Å². The first-order chi connectivity index (χ1) is 14.2. The fraction of sp³-hybridized carbons (Fsp3) is 0.364. The zero-order valence-corrected chi connectivity index (χ0v) is 20.3. The molecule has 0 atom stereocenters. The average molecular weight is 542 g/mol. The highest BCUT2D eigenvalue weighted by Crippen LogP contribution is 2.14. The lowest BCUT2D eigenvalue weighted by molar-refractivity contribution is 0.0954. The zero-order chi connectivity index (χ0) is 20.5. The van der Waals surface area contributed by atoms with E-state index in [0.717, 1.165) is 38.7 Å². The van der Waals surface area contributed by atoms with Crippen LogP contribution in [-0.2, 0) is 6.54 Å². The molecule has 3 rings (SSSR count). The van der Waals surface area contributed by atoms with E-state index in [9.17, 15) is 4.79 Å². The van der Waals surface area contributed by atoms with Crippen LogP contribution in [0.3, 0.4) is 0 Å². The van der Waals surface area contributed by atoms with Gasteiger partial charge in [-0.3, -0.25) is 14.7 Å². The van der Waals surface area contributed by atoms with Gasteiger partial charge in [0.25, 0.3) is 5.91 Å². The molecule has 6 nitrogen and oxygen atoms in total. The average Bonchev–Trinajstić information content (AvgIpc) is 2.75. The van der Waals surface area contributed by atoms with Crippen molar-refractivity contribution in [2.24, 2.45) is 4.99 Å². The van der Waals surface area contributed by atoms with E-state index in [0.29, 0.717) is 23.7 Å². The lowest BCUT2D eigenvalue weighted by Crippen LogP contribution is -2.53. The second-order valence-corrected chi connectivity index (χ2v) is 7.37. The van der Waals surface area contributed by atoms with Gasteiger partial charge in [-0.1, -0.05) is 54.1 Å². The summed E-state index contributed by atoms with van der Waals surface area (Å²) in [5, 5.41) is 6.68. The van der Waals surface area contributed by atoms with Gasteiger partial charge in [-0.25, -0.2) is 0 Å². The highest BCUT2D eigenvalue weighted by atomic mass is 127. The predicted octanol–water partition coefficient (Wildman–Crippen LogP) is 3.08. The molecule has 1 aliphatic heterocycles. The van der Waals surface area contributed by atoms with E-state index >= 15 is 0 Å². The first-order valence-electron chi connectivity index (χ1n) is 9.92. The van der Waals surface area contributed by atoms with E-state index in [1.807, 2.05) is 12.1 Å². The normalized spacial score (nSPS) is 14.7. The van der Waals surface area contributed by atoms with Crippen LogP contribution in [0.4, 0.5) is 0 Å².